The molecule has 112 valence electrons. The maximum absolute atomic E-state index is 12.0. The van der Waals surface area contributed by atoms with Crippen molar-refractivity contribution in [3.05, 3.63) is 12.1 Å². The van der Waals surface area contributed by atoms with Crippen molar-refractivity contribution < 1.29 is 27.1 Å². The normalized spacial score (nSPS) is 19.8. The number of nitrogens with one attached hydrogen (secondary N) is 1. The summed E-state index contributed by atoms with van der Waals surface area (Å²) in [6, 6.07) is 0. The molecule has 0 radical (unpaired) electrons. The van der Waals surface area contributed by atoms with Gasteiger partial charge in [0.15, 0.2) is 6.10 Å². The number of carbonyl (C=O) groups excluding carboxylic acids is 1. The molecule has 0 bridgehead atoms. The molecule has 1 N–H and O–H groups in total. The van der Waals surface area contributed by atoms with E-state index in [4.69, 9.17) is 9.15 Å². The van der Waals surface area contributed by atoms with Crippen molar-refractivity contribution in [3.8, 4) is 0 Å². The van der Waals surface area contributed by atoms with Gasteiger partial charge < -0.3 is 13.9 Å². The van der Waals surface area contributed by atoms with Crippen molar-refractivity contribution in [1.29, 1.82) is 0 Å². The largest absolute Gasteiger partial charge is 0.508 e. The Morgan fingerprint density at radius 1 is 1.45 bits per heavy atom. The molecule has 20 heavy (non-hydrogen) atoms. The predicted molar refractivity (Wildman–Crippen MR) is 66.6 cm³/mol. The third-order valence-electron chi connectivity index (χ3n) is 2.54. The lowest BCUT2D eigenvalue weighted by atomic mass is 9.97. The highest BCUT2D eigenvalue weighted by Gasteiger charge is 2.29. The van der Waals surface area contributed by atoms with Gasteiger partial charge in [-0.3, -0.25) is 0 Å². The Labute approximate surface area is 116 Å². The van der Waals surface area contributed by atoms with E-state index in [1.165, 1.54) is 0 Å². The van der Waals surface area contributed by atoms with Gasteiger partial charge in [0.1, 0.15) is 6.61 Å². The van der Waals surface area contributed by atoms with E-state index in [1.807, 2.05) is 20.8 Å². The Kier molecular flexibility index (Phi) is 3.74. The van der Waals surface area contributed by atoms with E-state index in [0.717, 1.165) is 6.20 Å². The van der Waals surface area contributed by atoms with Crippen molar-refractivity contribution in [2.75, 3.05) is 13.2 Å². The number of nitrogens with zero attached hydrogens (tertiary/aromatic N) is 1. The monoisotopic (exact) mass is 304 g/mol. The molecule has 9 heteroatoms. The van der Waals surface area contributed by atoms with Crippen molar-refractivity contribution in [3.63, 3.8) is 0 Å². The van der Waals surface area contributed by atoms with Gasteiger partial charge in [0.2, 0.25) is 5.89 Å². The number of rotatable bonds is 4. The number of sulfonamides is 1. The zero-order valence-electron chi connectivity index (χ0n) is 11.4. The minimum atomic E-state index is -3.83. The fraction of sp³-hybridized carbons (Fsp3) is 0.636. The van der Waals surface area contributed by atoms with Gasteiger partial charge in [0.25, 0.3) is 15.1 Å². The standard InChI is InChI=1S/C11H16N2O6S/c1-11(2,3)9-12-5-8(19-9)20(15,16)13-4-7-6-17-10(14)18-7/h5,7,13H,4,6H2,1-3H3. The van der Waals surface area contributed by atoms with E-state index in [9.17, 15) is 13.2 Å². The Hall–Kier alpha value is -1.61. The van der Waals surface area contributed by atoms with Crippen molar-refractivity contribution in [2.45, 2.75) is 37.4 Å². The number of cyclic esters (lactones) is 2. The Morgan fingerprint density at radius 3 is 2.65 bits per heavy atom. The average Bonchev–Trinajstić information content (AvgIpc) is 2.94. The summed E-state index contributed by atoms with van der Waals surface area (Å²) in [7, 11) is -3.83. The third-order valence-corrected chi connectivity index (χ3v) is 3.81. The van der Waals surface area contributed by atoms with Crippen LogP contribution in [0.5, 0.6) is 0 Å². The van der Waals surface area contributed by atoms with Gasteiger partial charge in [0, 0.05) is 5.41 Å². The molecule has 1 unspecified atom stereocenters. The molecule has 1 aliphatic heterocycles. The second kappa shape index (κ2) is 5.06. The molecule has 2 rings (SSSR count). The van der Waals surface area contributed by atoms with Crippen molar-refractivity contribution in [2.24, 2.45) is 0 Å². The van der Waals surface area contributed by atoms with E-state index < -0.39 is 22.3 Å². The van der Waals surface area contributed by atoms with E-state index in [-0.39, 0.29) is 23.7 Å². The minimum absolute atomic E-state index is 0.0188. The minimum Gasteiger partial charge on any atom is -0.430 e. The summed E-state index contributed by atoms with van der Waals surface area (Å²) in [6.07, 6.45) is -0.286. The summed E-state index contributed by atoms with van der Waals surface area (Å²) in [5.41, 5.74) is -0.386. The van der Waals surface area contributed by atoms with Crippen LogP contribution in [0.3, 0.4) is 0 Å². The molecule has 2 heterocycles. The van der Waals surface area contributed by atoms with Gasteiger partial charge in [-0.25, -0.2) is 22.9 Å². The summed E-state index contributed by atoms with van der Waals surface area (Å²) in [5.74, 6) is 0.327. The van der Waals surface area contributed by atoms with E-state index in [0.29, 0.717) is 5.89 Å². The van der Waals surface area contributed by atoms with E-state index >= 15 is 0 Å². The summed E-state index contributed by atoms with van der Waals surface area (Å²) in [4.78, 5) is 14.7. The number of oxazole rings is 1. The molecule has 1 saturated heterocycles. The summed E-state index contributed by atoms with van der Waals surface area (Å²) < 4.78 is 40.8. The second-order valence-corrected chi connectivity index (χ2v) is 7.09. The molecule has 8 nitrogen and oxygen atoms in total. The topological polar surface area (TPSA) is 108 Å². The molecule has 0 spiro atoms. The van der Waals surface area contributed by atoms with Gasteiger partial charge in [-0.2, -0.15) is 0 Å². The number of hydrogen-bond acceptors (Lipinski definition) is 7. The van der Waals surface area contributed by atoms with Crippen LogP contribution in [0.25, 0.3) is 0 Å². The van der Waals surface area contributed by atoms with E-state index in [1.54, 1.807) is 0 Å². The van der Waals surface area contributed by atoms with E-state index in [2.05, 4.69) is 14.4 Å². The molecule has 1 aliphatic rings. The van der Waals surface area contributed by atoms with Gasteiger partial charge in [0.05, 0.1) is 12.7 Å². The van der Waals surface area contributed by atoms with Crippen LogP contribution in [-0.2, 0) is 24.9 Å². The molecule has 1 aromatic heterocycles. The molecular formula is C11H16N2O6S. The molecule has 0 aromatic carbocycles. The lowest BCUT2D eigenvalue weighted by molar-refractivity contribution is 0.119. The smallest absolute Gasteiger partial charge is 0.430 e. The first kappa shape index (κ1) is 14.8. The third kappa shape index (κ3) is 3.28. The Balaban J connectivity index is 2.03. The average molecular weight is 304 g/mol. The van der Waals surface area contributed by atoms with Gasteiger partial charge >= 0.3 is 6.16 Å². The molecule has 0 amide bonds. The first-order valence-electron chi connectivity index (χ1n) is 5.98. The number of hydrogen-bond donors (Lipinski definition) is 1. The second-order valence-electron chi connectivity index (χ2n) is 5.39. The lowest BCUT2D eigenvalue weighted by Crippen LogP contribution is -2.33. The van der Waals surface area contributed by atoms with Gasteiger partial charge in [-0.1, -0.05) is 20.8 Å². The van der Waals surface area contributed by atoms with Crippen LogP contribution in [0.15, 0.2) is 15.7 Å². The Bertz CT molecular complexity index is 601. The molecular weight excluding hydrogens is 288 g/mol. The van der Waals surface area contributed by atoms with Crippen molar-refractivity contribution in [1.82, 2.24) is 9.71 Å². The van der Waals surface area contributed by atoms with Gasteiger partial charge in [-0.05, 0) is 0 Å². The predicted octanol–water partition coefficient (Wildman–Crippen LogP) is 0.786. The Morgan fingerprint density at radius 2 is 2.15 bits per heavy atom. The highest BCUT2D eigenvalue weighted by molar-refractivity contribution is 7.89. The number of aromatic nitrogens is 1. The van der Waals surface area contributed by atoms with Crippen LogP contribution in [0.4, 0.5) is 4.79 Å². The maximum Gasteiger partial charge on any atom is 0.508 e. The quantitative estimate of drug-likeness (QED) is 0.819. The van der Waals surface area contributed by atoms with Crippen LogP contribution in [-0.4, -0.2) is 38.8 Å². The number of ether oxygens (including phenoxy) is 2. The highest BCUT2D eigenvalue weighted by Crippen LogP contribution is 2.23. The lowest BCUT2D eigenvalue weighted by Gasteiger charge is -2.12. The molecule has 0 saturated carbocycles. The van der Waals surface area contributed by atoms with Crippen LogP contribution in [0.2, 0.25) is 0 Å². The fourth-order valence-corrected chi connectivity index (χ4v) is 2.40. The molecule has 0 aliphatic carbocycles. The van der Waals surface area contributed by atoms with Crippen LogP contribution >= 0.6 is 0 Å². The zero-order chi connectivity index (χ0) is 15.0. The zero-order valence-corrected chi connectivity index (χ0v) is 12.2. The number of carbonyl (C=O) groups is 1. The summed E-state index contributed by atoms with van der Waals surface area (Å²) in [5, 5.41) is -0.271. The maximum atomic E-state index is 12.0. The SMILES string of the molecule is CC(C)(C)c1ncc(S(=O)(=O)NCC2COC(=O)O2)o1. The molecule has 1 fully saturated rings. The van der Waals surface area contributed by atoms with Crippen LogP contribution in [0.1, 0.15) is 26.7 Å². The summed E-state index contributed by atoms with van der Waals surface area (Å²) in [6.45, 7) is 5.51. The summed E-state index contributed by atoms with van der Waals surface area (Å²) >= 11 is 0. The van der Waals surface area contributed by atoms with Crippen molar-refractivity contribution >= 4 is 16.2 Å². The highest BCUT2D eigenvalue weighted by atomic mass is 32.2. The fourth-order valence-electron chi connectivity index (χ4n) is 1.47. The molecule has 1 atom stereocenters. The van der Waals surface area contributed by atoms with Gasteiger partial charge in [-0.15, -0.1) is 0 Å². The first-order valence-corrected chi connectivity index (χ1v) is 7.46. The molecule has 1 aromatic rings. The first-order chi connectivity index (χ1) is 9.18. The van der Waals surface area contributed by atoms with Crippen LogP contribution in [0, 0.1) is 0 Å². The van der Waals surface area contributed by atoms with Crippen LogP contribution < -0.4 is 4.72 Å².